The van der Waals surface area contributed by atoms with Crippen molar-refractivity contribution in [2.45, 2.75) is 6.61 Å². The first kappa shape index (κ1) is 16.1. The average molecular weight is 321 g/mol. The van der Waals surface area contributed by atoms with E-state index < -0.39 is 0 Å². The first-order valence-corrected chi connectivity index (χ1v) is 7.03. The van der Waals surface area contributed by atoms with Gasteiger partial charge in [0.1, 0.15) is 12.4 Å². The van der Waals surface area contributed by atoms with Crippen LogP contribution >= 0.6 is 11.6 Å². The smallest absolute Gasteiger partial charge is 0.345 e. The van der Waals surface area contributed by atoms with Crippen LogP contribution in [-0.4, -0.2) is 25.3 Å². The van der Waals surface area contributed by atoms with Gasteiger partial charge in [0.2, 0.25) is 0 Å². The Morgan fingerprint density at radius 2 is 1.86 bits per heavy atom. The van der Waals surface area contributed by atoms with Gasteiger partial charge in [-0.25, -0.2) is 9.86 Å². The van der Waals surface area contributed by atoms with Crippen LogP contribution in [0.5, 0.6) is 5.75 Å². The monoisotopic (exact) mass is 320 g/mol. The SMILES string of the molecule is CON(C)C(=O)Nc1ccc(OCc2ccccc2Cl)cc1. The Morgan fingerprint density at radius 1 is 1.18 bits per heavy atom. The number of rotatable bonds is 5. The highest BCUT2D eigenvalue weighted by atomic mass is 35.5. The van der Waals surface area contributed by atoms with Crippen molar-refractivity contribution in [1.82, 2.24) is 5.06 Å². The fourth-order valence-corrected chi connectivity index (χ4v) is 1.89. The predicted molar refractivity (Wildman–Crippen MR) is 86.0 cm³/mol. The number of hydrogen-bond acceptors (Lipinski definition) is 3. The van der Waals surface area contributed by atoms with Gasteiger partial charge in [-0.3, -0.25) is 4.84 Å². The second-order valence-electron chi connectivity index (χ2n) is 4.51. The Kier molecular flexibility index (Phi) is 5.63. The van der Waals surface area contributed by atoms with Gasteiger partial charge in [0.15, 0.2) is 0 Å². The van der Waals surface area contributed by atoms with E-state index >= 15 is 0 Å². The van der Waals surface area contributed by atoms with E-state index in [0.29, 0.717) is 23.1 Å². The van der Waals surface area contributed by atoms with Crippen molar-refractivity contribution < 1.29 is 14.4 Å². The van der Waals surface area contributed by atoms with Gasteiger partial charge in [0, 0.05) is 23.3 Å². The van der Waals surface area contributed by atoms with Crippen LogP contribution in [0.2, 0.25) is 5.02 Å². The molecule has 5 nitrogen and oxygen atoms in total. The average Bonchev–Trinajstić information content (AvgIpc) is 2.54. The maximum atomic E-state index is 11.6. The molecule has 2 aromatic carbocycles. The van der Waals surface area contributed by atoms with E-state index in [0.717, 1.165) is 10.6 Å². The van der Waals surface area contributed by atoms with Gasteiger partial charge in [-0.1, -0.05) is 29.8 Å². The molecule has 1 N–H and O–H groups in total. The lowest BCUT2D eigenvalue weighted by molar-refractivity contribution is -0.0598. The summed E-state index contributed by atoms with van der Waals surface area (Å²) >= 11 is 6.07. The Balaban J connectivity index is 1.92. The molecule has 0 radical (unpaired) electrons. The zero-order chi connectivity index (χ0) is 15.9. The number of nitrogens with one attached hydrogen (secondary N) is 1. The topological polar surface area (TPSA) is 50.8 Å². The van der Waals surface area contributed by atoms with Crippen molar-refractivity contribution in [3.63, 3.8) is 0 Å². The Morgan fingerprint density at radius 3 is 2.50 bits per heavy atom. The quantitative estimate of drug-likeness (QED) is 0.849. The van der Waals surface area contributed by atoms with E-state index in [4.69, 9.17) is 21.2 Å². The van der Waals surface area contributed by atoms with E-state index in [-0.39, 0.29) is 6.03 Å². The molecule has 2 amide bonds. The molecule has 0 saturated carbocycles. The van der Waals surface area contributed by atoms with Crippen molar-refractivity contribution in [1.29, 1.82) is 0 Å². The number of ether oxygens (including phenoxy) is 1. The first-order chi connectivity index (χ1) is 10.6. The van der Waals surface area contributed by atoms with Crippen LogP contribution in [0.1, 0.15) is 5.56 Å². The lowest BCUT2D eigenvalue weighted by Gasteiger charge is -2.15. The van der Waals surface area contributed by atoms with Crippen LogP contribution in [0, 0.1) is 0 Å². The minimum Gasteiger partial charge on any atom is -0.489 e. The normalized spacial score (nSPS) is 10.1. The summed E-state index contributed by atoms with van der Waals surface area (Å²) in [6, 6.07) is 14.2. The zero-order valence-corrected chi connectivity index (χ0v) is 13.1. The van der Waals surface area contributed by atoms with E-state index in [1.54, 1.807) is 24.3 Å². The highest BCUT2D eigenvalue weighted by Crippen LogP contribution is 2.20. The second-order valence-corrected chi connectivity index (χ2v) is 4.92. The molecule has 0 unspecified atom stereocenters. The molecule has 0 aromatic heterocycles. The van der Waals surface area contributed by atoms with Crippen molar-refractivity contribution in [3.05, 3.63) is 59.1 Å². The standard InChI is InChI=1S/C16H17ClN2O3/c1-19(21-2)16(20)18-13-7-9-14(10-8-13)22-11-12-5-3-4-6-15(12)17/h3-10H,11H2,1-2H3,(H,18,20). The van der Waals surface area contributed by atoms with Crippen LogP contribution in [-0.2, 0) is 11.4 Å². The maximum Gasteiger partial charge on any atom is 0.345 e. The molecule has 0 saturated heterocycles. The summed E-state index contributed by atoms with van der Waals surface area (Å²) in [4.78, 5) is 16.4. The van der Waals surface area contributed by atoms with Gasteiger partial charge in [-0.15, -0.1) is 0 Å². The number of urea groups is 1. The van der Waals surface area contributed by atoms with E-state index in [9.17, 15) is 4.79 Å². The van der Waals surface area contributed by atoms with Gasteiger partial charge in [-0.2, -0.15) is 0 Å². The number of anilines is 1. The fourth-order valence-electron chi connectivity index (χ4n) is 1.70. The van der Waals surface area contributed by atoms with Gasteiger partial charge in [-0.05, 0) is 30.3 Å². The summed E-state index contributed by atoms with van der Waals surface area (Å²) in [5.74, 6) is 0.693. The van der Waals surface area contributed by atoms with Crippen LogP contribution < -0.4 is 10.1 Å². The van der Waals surface area contributed by atoms with E-state index in [1.807, 2.05) is 24.3 Å². The van der Waals surface area contributed by atoms with Gasteiger partial charge < -0.3 is 10.1 Å². The number of halogens is 1. The Labute approximate surface area is 134 Å². The molecule has 6 heteroatoms. The molecule has 0 aliphatic carbocycles. The maximum absolute atomic E-state index is 11.6. The molecule has 0 spiro atoms. The third-order valence-corrected chi connectivity index (χ3v) is 3.39. The van der Waals surface area contributed by atoms with Crippen molar-refractivity contribution in [3.8, 4) is 5.75 Å². The molecule has 0 atom stereocenters. The number of nitrogens with zero attached hydrogens (tertiary/aromatic N) is 1. The fraction of sp³-hybridized carbons (Fsp3) is 0.188. The molecule has 0 heterocycles. The van der Waals surface area contributed by atoms with Crippen molar-refractivity contribution in [2.75, 3.05) is 19.5 Å². The van der Waals surface area contributed by atoms with Gasteiger partial charge in [0.05, 0.1) is 7.11 Å². The second kappa shape index (κ2) is 7.68. The molecular weight excluding hydrogens is 304 g/mol. The van der Waals surface area contributed by atoms with Gasteiger partial charge >= 0.3 is 6.03 Å². The molecule has 0 fully saturated rings. The number of carbonyl (C=O) groups excluding carboxylic acids is 1. The number of carbonyl (C=O) groups is 1. The van der Waals surface area contributed by atoms with Crippen molar-refractivity contribution in [2.24, 2.45) is 0 Å². The van der Waals surface area contributed by atoms with Crippen LogP contribution in [0.3, 0.4) is 0 Å². The van der Waals surface area contributed by atoms with Crippen LogP contribution in [0.4, 0.5) is 10.5 Å². The van der Waals surface area contributed by atoms with Crippen LogP contribution in [0.25, 0.3) is 0 Å². The molecule has 116 valence electrons. The third-order valence-electron chi connectivity index (χ3n) is 3.02. The van der Waals surface area contributed by atoms with E-state index in [2.05, 4.69) is 5.32 Å². The summed E-state index contributed by atoms with van der Waals surface area (Å²) in [6.07, 6.45) is 0. The highest BCUT2D eigenvalue weighted by molar-refractivity contribution is 6.31. The zero-order valence-electron chi connectivity index (χ0n) is 12.4. The predicted octanol–water partition coefficient (Wildman–Crippen LogP) is 3.94. The number of amides is 2. The third kappa shape index (κ3) is 4.38. The Hall–Kier alpha value is -2.24. The summed E-state index contributed by atoms with van der Waals surface area (Å²) in [6.45, 7) is 0.387. The van der Waals surface area contributed by atoms with E-state index in [1.165, 1.54) is 14.2 Å². The summed E-state index contributed by atoms with van der Waals surface area (Å²) in [7, 11) is 2.95. The minimum atomic E-state index is -0.354. The van der Waals surface area contributed by atoms with Crippen molar-refractivity contribution >= 4 is 23.3 Å². The first-order valence-electron chi connectivity index (χ1n) is 6.65. The minimum absolute atomic E-state index is 0.354. The lowest BCUT2D eigenvalue weighted by atomic mass is 10.2. The number of hydroxylamine groups is 2. The molecule has 2 aromatic rings. The molecule has 0 aliphatic heterocycles. The molecule has 22 heavy (non-hydrogen) atoms. The summed E-state index contributed by atoms with van der Waals surface area (Å²) < 4.78 is 5.67. The summed E-state index contributed by atoms with van der Waals surface area (Å²) in [5.41, 5.74) is 1.57. The molecule has 0 aliphatic rings. The highest BCUT2D eigenvalue weighted by Gasteiger charge is 2.07. The number of benzene rings is 2. The van der Waals surface area contributed by atoms with Crippen LogP contribution in [0.15, 0.2) is 48.5 Å². The largest absolute Gasteiger partial charge is 0.489 e. The number of hydrogen-bond donors (Lipinski definition) is 1. The molecule has 0 bridgehead atoms. The van der Waals surface area contributed by atoms with Gasteiger partial charge in [0.25, 0.3) is 0 Å². The molecular formula is C16H17ClN2O3. The Bertz CT molecular complexity index is 632. The molecule has 2 rings (SSSR count). The summed E-state index contributed by atoms with van der Waals surface area (Å²) in [5, 5.41) is 4.46. The lowest BCUT2D eigenvalue weighted by Crippen LogP contribution is -2.30.